The monoisotopic (exact) mass is 656 g/mol. The second-order valence-corrected chi connectivity index (χ2v) is 18.9. The predicted molar refractivity (Wildman–Crippen MR) is 188 cm³/mol. The largest absolute Gasteiger partial charge is 0.494 e. The molecule has 0 atom stereocenters. The van der Waals surface area contributed by atoms with Crippen molar-refractivity contribution in [2.45, 2.75) is 32.4 Å². The lowest BCUT2D eigenvalue weighted by molar-refractivity contribution is 0.0818. The molecule has 47 heavy (non-hydrogen) atoms. The van der Waals surface area contributed by atoms with Crippen LogP contribution in [-0.4, -0.2) is 74.7 Å². The van der Waals surface area contributed by atoms with E-state index in [1.807, 2.05) is 47.1 Å². The van der Waals surface area contributed by atoms with E-state index in [0.29, 0.717) is 34.9 Å². The molecule has 6 rings (SSSR count). The predicted octanol–water partition coefficient (Wildman–Crippen LogP) is 7.86. The summed E-state index contributed by atoms with van der Waals surface area (Å²) in [5, 5.41) is 9.18. The Bertz CT molecular complexity index is 1850. The molecule has 0 aliphatic carbocycles. The van der Waals surface area contributed by atoms with Crippen LogP contribution in [0.3, 0.4) is 0 Å². The van der Waals surface area contributed by atoms with Gasteiger partial charge < -0.3 is 24.6 Å². The first kappa shape index (κ1) is 32.6. The fourth-order valence-electron chi connectivity index (χ4n) is 5.71. The minimum absolute atomic E-state index is 0.281. The molecule has 0 amide bonds. The summed E-state index contributed by atoms with van der Waals surface area (Å²) < 4.78 is 42.0. The number of nitrogens with zero attached hydrogens (tertiary/aromatic N) is 5. The van der Waals surface area contributed by atoms with Gasteiger partial charge in [-0.3, -0.25) is 0 Å². The highest BCUT2D eigenvalue weighted by Gasteiger charge is 2.19. The second-order valence-electron chi connectivity index (χ2n) is 13.3. The number of hydrogen-bond donors (Lipinski definition) is 1. The van der Waals surface area contributed by atoms with Gasteiger partial charge in [-0.25, -0.2) is 18.4 Å². The van der Waals surface area contributed by atoms with Crippen LogP contribution in [0.5, 0.6) is 5.75 Å². The highest BCUT2D eigenvalue weighted by atomic mass is 28.3. The molecular weight excluding hydrogens is 615 g/mol. The quantitative estimate of drug-likeness (QED) is 0.115. The zero-order valence-electron chi connectivity index (χ0n) is 27.7. The number of benzene rings is 3. The van der Waals surface area contributed by atoms with Crippen molar-refractivity contribution in [3.8, 4) is 28.3 Å². The topological polar surface area (TPSA) is 67.7 Å². The number of likely N-dealkylation sites (N-methyl/N-ethyl adjacent to an activating group) is 1. The molecule has 0 saturated carbocycles. The van der Waals surface area contributed by atoms with Gasteiger partial charge in [0.05, 0.1) is 24.0 Å². The highest BCUT2D eigenvalue weighted by Crippen LogP contribution is 2.35. The van der Waals surface area contributed by atoms with Crippen LogP contribution in [0.25, 0.3) is 33.4 Å². The molecule has 1 aliphatic rings. The molecule has 0 unspecified atom stereocenters. The fraction of sp³-hybridized carbons (Fsp3) is 0.333. The molecule has 8 nitrogen and oxygen atoms in total. The summed E-state index contributed by atoms with van der Waals surface area (Å²) in [6.07, 6.45) is 0. The number of rotatable bonds is 11. The van der Waals surface area contributed by atoms with E-state index in [4.69, 9.17) is 19.6 Å². The Kier molecular flexibility index (Phi) is 9.58. The molecule has 0 spiro atoms. The number of piperazine rings is 1. The standard InChI is InChI=1S/C36H42F2N6O2Si/c1-42-13-15-43(16-14-42)29-10-11-31(34(23-29)45-2)39-35-8-6-7-32(40-35)36-30-21-25(26-19-27(37)22-28(38)20-26)9-12-33(30)44(41-36)24-46-17-18-47(3,4)5/h6-12,19-23H,13-18,24H2,1-5H3,(H,39,40). The summed E-state index contributed by atoms with van der Waals surface area (Å²) in [6.45, 7) is 11.9. The van der Waals surface area contributed by atoms with E-state index in [-0.39, 0.29) is 6.73 Å². The smallest absolute Gasteiger partial charge is 0.144 e. The summed E-state index contributed by atoms with van der Waals surface area (Å²) in [5.74, 6) is 0.106. The van der Waals surface area contributed by atoms with Gasteiger partial charge in [0.2, 0.25) is 0 Å². The number of aromatic nitrogens is 3. The number of ether oxygens (including phenoxy) is 2. The Morgan fingerprint density at radius 2 is 1.64 bits per heavy atom. The van der Waals surface area contributed by atoms with Gasteiger partial charge in [-0.2, -0.15) is 5.10 Å². The van der Waals surface area contributed by atoms with Gasteiger partial charge in [-0.05, 0) is 72.7 Å². The van der Waals surface area contributed by atoms with Crippen LogP contribution in [-0.2, 0) is 11.5 Å². The van der Waals surface area contributed by atoms with Crippen LogP contribution in [0, 0.1) is 11.6 Å². The Hall–Kier alpha value is -4.32. The molecule has 3 heterocycles. The number of methoxy groups -OCH3 is 1. The third kappa shape index (κ3) is 7.81. The Balaban J connectivity index is 1.32. The Morgan fingerprint density at radius 1 is 0.872 bits per heavy atom. The van der Waals surface area contributed by atoms with Crippen molar-refractivity contribution in [2.75, 3.05) is 57.2 Å². The van der Waals surface area contributed by atoms with E-state index in [1.54, 1.807) is 7.11 Å². The molecule has 1 fully saturated rings. The van der Waals surface area contributed by atoms with E-state index >= 15 is 0 Å². The zero-order chi connectivity index (χ0) is 33.1. The first-order valence-electron chi connectivity index (χ1n) is 16.0. The average molecular weight is 657 g/mol. The lowest BCUT2D eigenvalue weighted by atomic mass is 10.0. The van der Waals surface area contributed by atoms with Gasteiger partial charge in [-0.1, -0.05) is 31.8 Å². The van der Waals surface area contributed by atoms with Crippen molar-refractivity contribution in [1.82, 2.24) is 19.7 Å². The maximum Gasteiger partial charge on any atom is 0.144 e. The number of hydrogen-bond acceptors (Lipinski definition) is 7. The fourth-order valence-corrected chi connectivity index (χ4v) is 6.47. The number of halogens is 2. The van der Waals surface area contributed by atoms with E-state index in [2.05, 4.69) is 53.9 Å². The molecule has 0 bridgehead atoms. The minimum Gasteiger partial charge on any atom is -0.494 e. The maximum atomic E-state index is 14.1. The summed E-state index contributed by atoms with van der Waals surface area (Å²) in [7, 11) is 2.56. The zero-order valence-corrected chi connectivity index (χ0v) is 28.7. The molecule has 3 aromatic carbocycles. The van der Waals surface area contributed by atoms with Crippen molar-refractivity contribution in [3.63, 3.8) is 0 Å². The molecule has 246 valence electrons. The number of fused-ring (bicyclic) bond motifs is 1. The summed E-state index contributed by atoms with van der Waals surface area (Å²) in [6, 6.07) is 22.2. The van der Waals surface area contributed by atoms with Gasteiger partial charge in [0.25, 0.3) is 0 Å². The first-order chi connectivity index (χ1) is 22.6. The van der Waals surface area contributed by atoms with Crippen LogP contribution in [0.1, 0.15) is 0 Å². The van der Waals surface area contributed by atoms with Gasteiger partial charge in [0.15, 0.2) is 0 Å². The van der Waals surface area contributed by atoms with Crippen molar-refractivity contribution in [1.29, 1.82) is 0 Å². The van der Waals surface area contributed by atoms with Gasteiger partial charge in [-0.15, -0.1) is 0 Å². The summed E-state index contributed by atoms with van der Waals surface area (Å²) in [4.78, 5) is 9.64. The first-order valence-corrected chi connectivity index (χ1v) is 19.7. The van der Waals surface area contributed by atoms with Crippen LogP contribution in [0.4, 0.5) is 26.0 Å². The lowest BCUT2D eigenvalue weighted by Crippen LogP contribution is -2.44. The van der Waals surface area contributed by atoms with E-state index < -0.39 is 19.7 Å². The molecule has 0 radical (unpaired) electrons. The number of nitrogens with one attached hydrogen (secondary N) is 1. The van der Waals surface area contributed by atoms with Crippen molar-refractivity contribution >= 4 is 36.2 Å². The molecule has 1 saturated heterocycles. The van der Waals surface area contributed by atoms with Crippen molar-refractivity contribution < 1.29 is 18.3 Å². The van der Waals surface area contributed by atoms with Crippen molar-refractivity contribution in [2.24, 2.45) is 0 Å². The molecular formula is C36H42F2N6O2Si. The molecule has 1 N–H and O–H groups in total. The third-order valence-electron chi connectivity index (χ3n) is 8.46. The number of anilines is 3. The minimum atomic E-state index is -1.26. The molecule has 5 aromatic rings. The summed E-state index contributed by atoms with van der Waals surface area (Å²) in [5.41, 5.74) is 5.19. The lowest BCUT2D eigenvalue weighted by Gasteiger charge is -2.34. The van der Waals surface area contributed by atoms with Crippen LogP contribution in [0.2, 0.25) is 25.7 Å². The Morgan fingerprint density at radius 3 is 2.36 bits per heavy atom. The van der Waals surface area contributed by atoms with E-state index in [0.717, 1.165) is 66.3 Å². The molecule has 11 heteroatoms. The molecule has 2 aromatic heterocycles. The van der Waals surface area contributed by atoms with Crippen molar-refractivity contribution in [3.05, 3.63) is 84.4 Å². The van der Waals surface area contributed by atoms with Gasteiger partial charge in [0, 0.05) is 64.1 Å². The third-order valence-corrected chi connectivity index (χ3v) is 10.2. The average Bonchev–Trinajstić information content (AvgIpc) is 3.41. The van der Waals surface area contributed by atoms with E-state index in [9.17, 15) is 8.78 Å². The SMILES string of the molecule is COc1cc(N2CCN(C)CC2)ccc1Nc1cccc(-c2nn(COCC[Si](C)(C)C)c3ccc(-c4cc(F)cc(F)c4)cc23)n1. The van der Waals surface area contributed by atoms with Crippen LogP contribution >= 0.6 is 0 Å². The van der Waals surface area contributed by atoms with Crippen LogP contribution in [0.15, 0.2) is 72.8 Å². The molecule has 1 aliphatic heterocycles. The van der Waals surface area contributed by atoms with E-state index in [1.165, 1.54) is 12.1 Å². The maximum absolute atomic E-state index is 14.1. The highest BCUT2D eigenvalue weighted by molar-refractivity contribution is 6.76. The Labute approximate surface area is 275 Å². The van der Waals surface area contributed by atoms with Gasteiger partial charge >= 0.3 is 0 Å². The normalized spacial score (nSPS) is 14.1. The summed E-state index contributed by atoms with van der Waals surface area (Å²) >= 11 is 0. The number of pyridine rings is 1. The van der Waals surface area contributed by atoms with Gasteiger partial charge in [0.1, 0.15) is 35.6 Å². The second kappa shape index (κ2) is 13.8. The van der Waals surface area contributed by atoms with Crippen LogP contribution < -0.4 is 15.0 Å².